The van der Waals surface area contributed by atoms with E-state index >= 15 is 0 Å². The van der Waals surface area contributed by atoms with Crippen molar-refractivity contribution in [3.63, 3.8) is 0 Å². The minimum Gasteiger partial charge on any atom is -0.368 e. The second kappa shape index (κ2) is 9.35. The van der Waals surface area contributed by atoms with Crippen molar-refractivity contribution in [2.45, 2.75) is 38.6 Å². The first-order valence-corrected chi connectivity index (χ1v) is 10.3. The molecule has 6 heteroatoms. The first kappa shape index (κ1) is 21.2. The van der Waals surface area contributed by atoms with Crippen LogP contribution in [0, 0.1) is 5.82 Å². The summed E-state index contributed by atoms with van der Waals surface area (Å²) in [4.78, 5) is 22.8. The molecule has 1 aliphatic heterocycles. The van der Waals surface area contributed by atoms with Crippen LogP contribution in [0.2, 0.25) is 0 Å². The molecule has 1 atom stereocenters. The Bertz CT molecular complexity index is 837. The number of halogens is 1. The topological polar surface area (TPSA) is 39.7 Å². The molecule has 0 N–H and O–H groups in total. The molecule has 156 valence electrons. The minimum atomic E-state index is -0.301. The van der Waals surface area contributed by atoms with Gasteiger partial charge in [-0.25, -0.2) is 4.39 Å². The van der Waals surface area contributed by atoms with Crippen molar-refractivity contribution in [1.82, 2.24) is 9.88 Å². The third kappa shape index (κ3) is 4.93. The number of likely N-dealkylation sites (N-methyl/N-ethyl adjacent to an activating group) is 1. The fourth-order valence-corrected chi connectivity index (χ4v) is 3.71. The molecule has 0 spiro atoms. The van der Waals surface area contributed by atoms with Gasteiger partial charge in [-0.2, -0.15) is 0 Å². The van der Waals surface area contributed by atoms with Gasteiger partial charge in [-0.15, -0.1) is 0 Å². The Hall–Kier alpha value is -2.47. The van der Waals surface area contributed by atoms with Gasteiger partial charge in [0, 0.05) is 38.1 Å². The first-order chi connectivity index (χ1) is 13.9. The average molecular weight is 399 g/mol. The molecule has 0 radical (unpaired) electrons. The van der Waals surface area contributed by atoms with E-state index in [1.807, 2.05) is 6.07 Å². The molecule has 2 aromatic rings. The van der Waals surface area contributed by atoms with Gasteiger partial charge in [0.05, 0.1) is 5.69 Å². The molecule has 0 saturated carbocycles. The van der Waals surface area contributed by atoms with Crippen molar-refractivity contribution < 1.29 is 9.18 Å². The molecular formula is C23H31FN4O. The number of amides is 1. The number of hydrogen-bond acceptors (Lipinski definition) is 4. The number of nitrogens with zero attached hydrogens (tertiary/aromatic N) is 4. The van der Waals surface area contributed by atoms with E-state index in [0.29, 0.717) is 23.1 Å². The number of anilines is 2. The molecule has 0 bridgehead atoms. The second-order valence-corrected chi connectivity index (χ2v) is 8.01. The summed E-state index contributed by atoms with van der Waals surface area (Å²) in [5, 5.41) is 0. The second-order valence-electron chi connectivity index (χ2n) is 8.01. The summed E-state index contributed by atoms with van der Waals surface area (Å²) in [6, 6.07) is 9.14. The summed E-state index contributed by atoms with van der Waals surface area (Å²) in [6.45, 7) is 3.80. The Morgan fingerprint density at radius 2 is 2.03 bits per heavy atom. The van der Waals surface area contributed by atoms with Crippen molar-refractivity contribution in [3.8, 4) is 0 Å². The Morgan fingerprint density at radius 3 is 2.62 bits per heavy atom. The van der Waals surface area contributed by atoms with Crippen LogP contribution in [0.4, 0.5) is 15.8 Å². The van der Waals surface area contributed by atoms with Crippen LogP contribution in [-0.4, -0.2) is 56.1 Å². The number of pyridine rings is 1. The maximum atomic E-state index is 14.8. The predicted molar refractivity (Wildman–Crippen MR) is 116 cm³/mol. The van der Waals surface area contributed by atoms with E-state index in [1.165, 1.54) is 11.0 Å². The molecule has 1 amide bonds. The molecule has 0 aliphatic carbocycles. The highest BCUT2D eigenvalue weighted by atomic mass is 19.1. The van der Waals surface area contributed by atoms with E-state index in [2.05, 4.69) is 35.8 Å². The van der Waals surface area contributed by atoms with Crippen LogP contribution >= 0.6 is 0 Å². The third-order valence-corrected chi connectivity index (χ3v) is 5.72. The quantitative estimate of drug-likeness (QED) is 0.707. The molecular weight excluding hydrogens is 367 g/mol. The van der Waals surface area contributed by atoms with Gasteiger partial charge in [-0.05, 0) is 63.2 Å². The van der Waals surface area contributed by atoms with Gasteiger partial charge in [0.25, 0.3) is 5.91 Å². The molecule has 1 aromatic heterocycles. The Morgan fingerprint density at radius 1 is 1.24 bits per heavy atom. The lowest BCUT2D eigenvalue weighted by atomic mass is 10.1. The number of carbonyl (C=O) groups excluding carboxylic acids is 1. The molecule has 2 heterocycles. The van der Waals surface area contributed by atoms with E-state index in [0.717, 1.165) is 44.3 Å². The van der Waals surface area contributed by atoms with Crippen LogP contribution < -0.4 is 9.80 Å². The van der Waals surface area contributed by atoms with Gasteiger partial charge in [-0.1, -0.05) is 19.4 Å². The van der Waals surface area contributed by atoms with Crippen LogP contribution in [0.15, 0.2) is 36.5 Å². The summed E-state index contributed by atoms with van der Waals surface area (Å²) in [5.74, 6) is -0.544. The van der Waals surface area contributed by atoms with Gasteiger partial charge in [0.15, 0.2) is 0 Å². The van der Waals surface area contributed by atoms with E-state index in [1.54, 1.807) is 31.4 Å². The monoisotopic (exact) mass is 398 g/mol. The average Bonchev–Trinajstić information content (AvgIpc) is 3.21. The van der Waals surface area contributed by atoms with E-state index < -0.39 is 0 Å². The smallest absolute Gasteiger partial charge is 0.276 e. The van der Waals surface area contributed by atoms with Gasteiger partial charge >= 0.3 is 0 Å². The molecule has 1 unspecified atom stereocenters. The highest BCUT2D eigenvalue weighted by Crippen LogP contribution is 2.28. The maximum Gasteiger partial charge on any atom is 0.276 e. The number of rotatable bonds is 7. The number of aromatic nitrogens is 1. The Labute approximate surface area is 173 Å². The Kier molecular flexibility index (Phi) is 6.85. The molecule has 1 saturated heterocycles. The van der Waals surface area contributed by atoms with E-state index in [4.69, 9.17) is 0 Å². The first-order valence-electron chi connectivity index (χ1n) is 10.3. The molecule has 5 nitrogen and oxygen atoms in total. The minimum absolute atomic E-state index is 0.243. The Balaban J connectivity index is 1.70. The number of hydrogen-bond donors (Lipinski definition) is 0. The zero-order valence-corrected chi connectivity index (χ0v) is 17.9. The van der Waals surface area contributed by atoms with Gasteiger partial charge in [0.1, 0.15) is 11.5 Å². The number of aryl methyl sites for hydroxylation is 1. The number of unbranched alkanes of at least 4 members (excludes halogenated alkanes) is 1. The van der Waals surface area contributed by atoms with Crippen molar-refractivity contribution in [1.29, 1.82) is 0 Å². The van der Waals surface area contributed by atoms with Crippen molar-refractivity contribution in [3.05, 3.63) is 53.6 Å². The fourth-order valence-electron chi connectivity index (χ4n) is 3.71. The summed E-state index contributed by atoms with van der Waals surface area (Å²) < 4.78 is 14.8. The molecule has 1 aliphatic rings. The third-order valence-electron chi connectivity index (χ3n) is 5.72. The highest BCUT2D eigenvalue weighted by Gasteiger charge is 2.26. The standard InChI is InChI=1S/C23H31FN4O/c1-5-6-7-17-8-10-21(25-15-17)23(29)27(4)18-9-11-22(20(24)14-18)28-13-12-19(16-28)26(2)3/h8-11,14-15,19H,5-7,12-13,16H2,1-4H3. The fraction of sp³-hybridized carbons (Fsp3) is 0.478. The van der Waals surface area contributed by atoms with Crippen LogP contribution in [-0.2, 0) is 6.42 Å². The van der Waals surface area contributed by atoms with Crippen molar-refractivity contribution in [2.24, 2.45) is 0 Å². The summed E-state index contributed by atoms with van der Waals surface area (Å²) in [5.41, 5.74) is 2.61. The lowest BCUT2D eigenvalue weighted by Gasteiger charge is -2.23. The summed E-state index contributed by atoms with van der Waals surface area (Å²) in [6.07, 6.45) is 5.97. The molecule has 3 rings (SSSR count). The summed E-state index contributed by atoms with van der Waals surface area (Å²) >= 11 is 0. The normalized spacial score (nSPS) is 16.5. The highest BCUT2D eigenvalue weighted by molar-refractivity contribution is 6.04. The lowest BCUT2D eigenvalue weighted by molar-refractivity contribution is 0.0988. The van der Waals surface area contributed by atoms with E-state index in [-0.39, 0.29) is 11.7 Å². The lowest BCUT2D eigenvalue weighted by Crippen LogP contribution is -2.31. The largest absolute Gasteiger partial charge is 0.368 e. The van der Waals surface area contributed by atoms with E-state index in [9.17, 15) is 9.18 Å². The van der Waals surface area contributed by atoms with Gasteiger partial charge in [0.2, 0.25) is 0 Å². The molecule has 1 aromatic carbocycles. The number of benzene rings is 1. The van der Waals surface area contributed by atoms with Crippen molar-refractivity contribution in [2.75, 3.05) is 44.0 Å². The van der Waals surface area contributed by atoms with Gasteiger partial charge in [-0.3, -0.25) is 9.78 Å². The SMILES string of the molecule is CCCCc1ccc(C(=O)N(C)c2ccc(N3CCC(N(C)C)C3)c(F)c2)nc1. The number of carbonyl (C=O) groups is 1. The van der Waals surface area contributed by atoms with Crippen LogP contribution in [0.25, 0.3) is 0 Å². The molecule has 29 heavy (non-hydrogen) atoms. The van der Waals surface area contributed by atoms with Gasteiger partial charge < -0.3 is 14.7 Å². The van der Waals surface area contributed by atoms with Crippen molar-refractivity contribution >= 4 is 17.3 Å². The predicted octanol–water partition coefficient (Wildman–Crippen LogP) is 3.98. The van der Waals surface area contributed by atoms with Crippen LogP contribution in [0.3, 0.4) is 0 Å². The van der Waals surface area contributed by atoms with Crippen LogP contribution in [0.5, 0.6) is 0 Å². The van der Waals surface area contributed by atoms with Crippen LogP contribution in [0.1, 0.15) is 42.2 Å². The zero-order chi connectivity index (χ0) is 21.0. The molecule has 1 fully saturated rings. The zero-order valence-electron chi connectivity index (χ0n) is 17.9. The summed E-state index contributed by atoms with van der Waals surface area (Å²) in [7, 11) is 5.76. The maximum absolute atomic E-state index is 14.8.